The van der Waals surface area contributed by atoms with Gasteiger partial charge in [-0.2, -0.15) is 0 Å². The van der Waals surface area contributed by atoms with Crippen molar-refractivity contribution in [3.8, 4) is 17.2 Å². The van der Waals surface area contributed by atoms with Crippen molar-refractivity contribution < 1.29 is 43.7 Å². The van der Waals surface area contributed by atoms with Gasteiger partial charge in [-0.05, 0) is 36.5 Å². The number of phenolic OH excluding ortho intramolecular Hbond substituents is 1. The number of allylic oxidation sites excluding steroid dienone is 2. The Balaban J connectivity index is 1.71. The Morgan fingerprint density at radius 1 is 1.05 bits per heavy atom. The van der Waals surface area contributed by atoms with Gasteiger partial charge in [-0.15, -0.1) is 23.2 Å². The first-order valence-electron chi connectivity index (χ1n) is 12.4. The molecule has 1 aromatic rings. The van der Waals surface area contributed by atoms with Crippen LogP contribution in [-0.4, -0.2) is 85.6 Å². The molecule has 1 aromatic carbocycles. The molecule has 14 heteroatoms. The molecule has 6 atom stereocenters. The number of carboxylic acid groups (broad SMARTS) is 1. The van der Waals surface area contributed by atoms with Gasteiger partial charge in [0.1, 0.15) is 0 Å². The number of hydrogen-bond acceptors (Lipinski definition) is 8. The molecular weight excluding hydrogens is 635 g/mol. The van der Waals surface area contributed by atoms with Gasteiger partial charge in [0.25, 0.3) is 11.8 Å². The van der Waals surface area contributed by atoms with Crippen molar-refractivity contribution in [3.05, 3.63) is 29.3 Å². The highest BCUT2D eigenvalue weighted by molar-refractivity contribution is 9.09. The minimum absolute atomic E-state index is 0.0206. The zero-order valence-corrected chi connectivity index (χ0v) is 24.5. The Hall–Kier alpha value is -2.83. The summed E-state index contributed by atoms with van der Waals surface area (Å²) < 4.78 is 10.7. The topological polar surface area (TPSA) is 151 Å². The Morgan fingerprint density at radius 3 is 2.23 bits per heavy atom. The van der Waals surface area contributed by atoms with E-state index < -0.39 is 69.4 Å². The second-order valence-electron chi connectivity index (χ2n) is 10.2. The Bertz CT molecular complexity index is 1360. The van der Waals surface area contributed by atoms with Crippen LogP contribution in [0.3, 0.4) is 0 Å². The van der Waals surface area contributed by atoms with Crippen molar-refractivity contribution in [3.63, 3.8) is 0 Å². The van der Waals surface area contributed by atoms with Crippen LogP contribution in [0.5, 0.6) is 17.2 Å². The van der Waals surface area contributed by atoms with Crippen LogP contribution in [0, 0.1) is 17.8 Å². The first-order valence-corrected chi connectivity index (χ1v) is 14.3. The maximum atomic E-state index is 13.8. The van der Waals surface area contributed by atoms with E-state index in [1.54, 1.807) is 6.08 Å². The first-order chi connectivity index (χ1) is 18.9. The number of carbonyl (C=O) groups is 5. The maximum Gasteiger partial charge on any atom is 0.305 e. The predicted octanol–water partition coefficient (Wildman–Crippen LogP) is 2.60. The summed E-state index contributed by atoms with van der Waals surface area (Å²) in [6.07, 6.45) is 1.28. The van der Waals surface area contributed by atoms with Gasteiger partial charge in [-0.25, -0.2) is 0 Å². The molecule has 1 saturated carbocycles. The highest BCUT2D eigenvalue weighted by Gasteiger charge is 2.76. The number of ether oxygens (including phenoxy) is 2. The molecule has 2 aliphatic heterocycles. The summed E-state index contributed by atoms with van der Waals surface area (Å²) in [6, 6.07) is 2.93. The van der Waals surface area contributed by atoms with E-state index in [0.29, 0.717) is 11.1 Å². The van der Waals surface area contributed by atoms with E-state index in [9.17, 15) is 29.1 Å². The molecule has 3 fully saturated rings. The number of hydrogen-bond donors (Lipinski definition) is 2. The van der Waals surface area contributed by atoms with Crippen LogP contribution >= 0.6 is 39.1 Å². The van der Waals surface area contributed by atoms with E-state index in [1.165, 1.54) is 26.4 Å². The quantitative estimate of drug-likeness (QED) is 0.195. The molecule has 11 nitrogen and oxygen atoms in total. The number of benzene rings is 1. The van der Waals surface area contributed by atoms with Crippen LogP contribution in [0.2, 0.25) is 0 Å². The smallest absolute Gasteiger partial charge is 0.305 e. The van der Waals surface area contributed by atoms with Gasteiger partial charge in [0.2, 0.25) is 17.6 Å². The van der Waals surface area contributed by atoms with Crippen LogP contribution in [0.1, 0.15) is 30.7 Å². The van der Waals surface area contributed by atoms with Crippen LogP contribution in [0.25, 0.3) is 0 Å². The monoisotopic (exact) mass is 658 g/mol. The minimum atomic E-state index is -2.03. The summed E-state index contributed by atoms with van der Waals surface area (Å²) in [7, 11) is 2.67. The molecule has 2 aliphatic carbocycles. The molecule has 40 heavy (non-hydrogen) atoms. The molecule has 0 spiro atoms. The lowest BCUT2D eigenvalue weighted by Gasteiger charge is -2.50. The van der Waals surface area contributed by atoms with Crippen molar-refractivity contribution in [1.29, 1.82) is 0 Å². The summed E-state index contributed by atoms with van der Waals surface area (Å²) in [5, 5.41) is 19.7. The molecular formula is C26H25BrCl2N2O9. The van der Waals surface area contributed by atoms with Gasteiger partial charge in [-0.3, -0.25) is 33.8 Å². The first kappa shape index (κ1) is 28.7. The van der Waals surface area contributed by atoms with E-state index in [-0.39, 0.29) is 42.1 Å². The van der Waals surface area contributed by atoms with Crippen molar-refractivity contribution in [2.75, 3.05) is 26.2 Å². The molecule has 0 aromatic heterocycles. The van der Waals surface area contributed by atoms with Gasteiger partial charge in [0.15, 0.2) is 21.2 Å². The number of aliphatic carboxylic acids is 1. The second kappa shape index (κ2) is 9.92. The molecule has 2 heterocycles. The zero-order valence-electron chi connectivity index (χ0n) is 21.4. The Kier molecular flexibility index (Phi) is 7.11. The van der Waals surface area contributed by atoms with E-state index in [4.69, 9.17) is 37.8 Å². The van der Waals surface area contributed by atoms with E-state index in [0.717, 1.165) is 9.80 Å². The number of rotatable bonds is 7. The van der Waals surface area contributed by atoms with Gasteiger partial charge in [0, 0.05) is 12.5 Å². The molecule has 4 amide bonds. The third-order valence-electron chi connectivity index (χ3n) is 8.49. The fourth-order valence-corrected chi connectivity index (χ4v) is 8.13. The van der Waals surface area contributed by atoms with Crippen molar-refractivity contribution in [1.82, 2.24) is 9.80 Å². The second-order valence-corrected chi connectivity index (χ2v) is 12.0. The largest absolute Gasteiger partial charge is 0.502 e. The SMILES string of the molecule is COc1cc([C@H]2C3=CC[C@@H]4C(=O)N(CCC(=O)O)C(=O)[C@@H]4[C@@H]3C[C@@]3(Cl)C(=O)N(CBr)C(=O)[C@@]23Cl)cc(OC)c1O. The lowest BCUT2D eigenvalue weighted by atomic mass is 9.56. The van der Waals surface area contributed by atoms with Crippen molar-refractivity contribution in [2.45, 2.75) is 34.9 Å². The summed E-state index contributed by atoms with van der Waals surface area (Å²) in [5.41, 5.74) is 0.720. The number of fused-ring (bicyclic) bond motifs is 4. The molecule has 4 aliphatic rings. The number of halogens is 3. The molecule has 0 unspecified atom stereocenters. The van der Waals surface area contributed by atoms with Crippen molar-refractivity contribution in [2.24, 2.45) is 17.8 Å². The Morgan fingerprint density at radius 2 is 1.68 bits per heavy atom. The van der Waals surface area contributed by atoms with E-state index in [1.807, 2.05) is 0 Å². The minimum Gasteiger partial charge on any atom is -0.502 e. The van der Waals surface area contributed by atoms with Crippen LogP contribution < -0.4 is 9.47 Å². The number of likely N-dealkylation sites (tertiary alicyclic amines) is 2. The predicted molar refractivity (Wildman–Crippen MR) is 144 cm³/mol. The number of imide groups is 2. The number of methoxy groups -OCH3 is 2. The third-order valence-corrected chi connectivity index (χ3v) is 10.4. The lowest BCUT2D eigenvalue weighted by molar-refractivity contribution is -0.143. The molecule has 2 N–H and O–H groups in total. The molecule has 0 bridgehead atoms. The number of carboxylic acids is 1. The van der Waals surface area contributed by atoms with Gasteiger partial charge >= 0.3 is 5.97 Å². The highest BCUT2D eigenvalue weighted by atomic mass is 79.9. The van der Waals surface area contributed by atoms with Crippen LogP contribution in [-0.2, 0) is 24.0 Å². The van der Waals surface area contributed by atoms with Crippen molar-refractivity contribution >= 4 is 68.7 Å². The molecule has 2 saturated heterocycles. The average molecular weight is 660 g/mol. The van der Waals surface area contributed by atoms with Gasteiger partial charge < -0.3 is 19.7 Å². The van der Waals surface area contributed by atoms with E-state index >= 15 is 0 Å². The number of aromatic hydroxyl groups is 1. The fraction of sp³-hybridized carbons (Fsp3) is 0.500. The number of alkyl halides is 3. The Labute approximate surface area is 247 Å². The van der Waals surface area contributed by atoms with E-state index in [2.05, 4.69) is 15.9 Å². The summed E-state index contributed by atoms with van der Waals surface area (Å²) in [6.45, 7) is -0.280. The van der Waals surface area contributed by atoms with Crippen LogP contribution in [0.15, 0.2) is 23.8 Å². The number of nitrogens with zero attached hydrogens (tertiary/aromatic N) is 2. The fourth-order valence-electron chi connectivity index (χ4n) is 6.70. The number of phenols is 1. The van der Waals surface area contributed by atoms with Crippen LogP contribution in [0.4, 0.5) is 0 Å². The normalized spacial score (nSPS) is 33.0. The molecule has 0 radical (unpaired) electrons. The lowest BCUT2D eigenvalue weighted by Crippen LogP contribution is -2.60. The van der Waals surface area contributed by atoms with Gasteiger partial charge in [0.05, 0.1) is 37.9 Å². The molecule has 5 rings (SSSR count). The number of carbonyl (C=O) groups excluding carboxylic acids is 4. The molecule has 214 valence electrons. The summed E-state index contributed by atoms with van der Waals surface area (Å²) in [4.78, 5) is 63.3. The maximum absolute atomic E-state index is 13.8. The number of amides is 4. The standard InChI is InChI=1S/C26H25BrCl2N2O9/c1-39-15-7-11(8-16(40-2)20(15)34)19-12-3-4-13-18(22(36)30(21(13)35)6-5-17(32)33)14(12)9-25(28)23(37)31(10-27)24(38)26(19,25)29/h3,7-8,13-14,18-19,34H,4-6,9-10H2,1-2H3,(H,32,33)/t13-,14+,18-,19-,25+,26-/m0/s1. The zero-order chi connectivity index (χ0) is 29.3. The average Bonchev–Trinajstić information content (AvgIpc) is 3.25. The van der Waals surface area contributed by atoms with Gasteiger partial charge in [-0.1, -0.05) is 27.6 Å². The summed E-state index contributed by atoms with van der Waals surface area (Å²) >= 11 is 17.5. The third kappa shape index (κ3) is 3.71. The highest BCUT2D eigenvalue weighted by Crippen LogP contribution is 2.66. The summed E-state index contributed by atoms with van der Waals surface area (Å²) in [5.74, 6) is -7.47.